The number of hydrogen-bond acceptors (Lipinski definition) is 3. The molecule has 0 aliphatic carbocycles. The molecule has 1 unspecified atom stereocenters. The Morgan fingerprint density at radius 2 is 2.64 bits per heavy atom. The van der Waals surface area contributed by atoms with E-state index in [0.717, 1.165) is 13.2 Å². The number of hydrogen-bond donors (Lipinski definition) is 3. The van der Waals surface area contributed by atoms with Crippen molar-refractivity contribution < 1.29 is 9.53 Å². The number of primary amides is 1. The Bertz CT molecular complexity index is 134. The van der Waals surface area contributed by atoms with Gasteiger partial charge >= 0.3 is 6.03 Å². The van der Waals surface area contributed by atoms with E-state index in [2.05, 4.69) is 10.6 Å². The smallest absolute Gasteiger partial charge is 0.312 e. The van der Waals surface area contributed by atoms with E-state index in [4.69, 9.17) is 10.5 Å². The zero-order valence-corrected chi connectivity index (χ0v) is 6.30. The van der Waals surface area contributed by atoms with Gasteiger partial charge in [0.05, 0.1) is 13.2 Å². The summed E-state index contributed by atoms with van der Waals surface area (Å²) >= 11 is 0. The number of rotatable bonds is 2. The standard InChI is InChI=1S/C6H13N3O2/c7-6(10)9-3-5-4-11-2-1-8-5/h5,8H,1-4H2,(H3,7,9,10). The maximum absolute atomic E-state index is 10.3. The van der Waals surface area contributed by atoms with Crippen molar-refractivity contribution >= 4 is 6.03 Å². The van der Waals surface area contributed by atoms with Crippen LogP contribution in [0.1, 0.15) is 0 Å². The van der Waals surface area contributed by atoms with Crippen LogP contribution in [0.25, 0.3) is 0 Å². The van der Waals surface area contributed by atoms with E-state index in [0.29, 0.717) is 13.2 Å². The number of nitrogens with one attached hydrogen (secondary N) is 2. The van der Waals surface area contributed by atoms with E-state index in [1.54, 1.807) is 0 Å². The minimum absolute atomic E-state index is 0.205. The Morgan fingerprint density at radius 1 is 1.82 bits per heavy atom. The largest absolute Gasteiger partial charge is 0.378 e. The number of carbonyl (C=O) groups is 1. The molecule has 0 bridgehead atoms. The van der Waals surface area contributed by atoms with E-state index in [-0.39, 0.29) is 6.04 Å². The first-order chi connectivity index (χ1) is 5.29. The Kier molecular flexibility index (Phi) is 3.13. The quantitative estimate of drug-likeness (QED) is 0.466. The van der Waals surface area contributed by atoms with Gasteiger partial charge in [-0.2, -0.15) is 0 Å². The third kappa shape index (κ3) is 3.20. The lowest BCUT2D eigenvalue weighted by Gasteiger charge is -2.23. The molecule has 1 fully saturated rings. The summed E-state index contributed by atoms with van der Waals surface area (Å²) in [6, 6.07) is -0.284. The van der Waals surface area contributed by atoms with Crippen molar-refractivity contribution in [1.82, 2.24) is 10.6 Å². The Balaban J connectivity index is 2.09. The summed E-state index contributed by atoms with van der Waals surface area (Å²) in [7, 11) is 0. The average molecular weight is 159 g/mol. The maximum atomic E-state index is 10.3. The van der Waals surface area contributed by atoms with E-state index >= 15 is 0 Å². The fourth-order valence-corrected chi connectivity index (χ4v) is 0.975. The van der Waals surface area contributed by atoms with Crippen LogP contribution in [0.4, 0.5) is 4.79 Å². The van der Waals surface area contributed by atoms with Crippen LogP contribution in [0.3, 0.4) is 0 Å². The monoisotopic (exact) mass is 159 g/mol. The van der Waals surface area contributed by atoms with Crippen LogP contribution in [-0.4, -0.2) is 38.4 Å². The molecule has 4 N–H and O–H groups in total. The number of amides is 2. The van der Waals surface area contributed by atoms with Crippen molar-refractivity contribution in [2.45, 2.75) is 6.04 Å². The minimum atomic E-state index is -0.489. The average Bonchev–Trinajstić information content (AvgIpc) is 2.03. The zero-order valence-electron chi connectivity index (χ0n) is 6.30. The molecule has 1 atom stereocenters. The summed E-state index contributed by atoms with van der Waals surface area (Å²) in [4.78, 5) is 10.3. The normalized spacial score (nSPS) is 24.5. The molecule has 0 aromatic rings. The molecule has 5 heteroatoms. The molecule has 0 aromatic heterocycles. The predicted octanol–water partition coefficient (Wildman–Crippen LogP) is -1.36. The molecular formula is C6H13N3O2. The van der Waals surface area contributed by atoms with Crippen LogP contribution in [0, 0.1) is 0 Å². The first-order valence-corrected chi connectivity index (χ1v) is 3.63. The third-order valence-electron chi connectivity index (χ3n) is 1.52. The second-order valence-electron chi connectivity index (χ2n) is 2.47. The molecule has 0 saturated carbocycles. The highest BCUT2D eigenvalue weighted by Crippen LogP contribution is 1.90. The maximum Gasteiger partial charge on any atom is 0.312 e. The van der Waals surface area contributed by atoms with Crippen LogP contribution >= 0.6 is 0 Å². The molecule has 1 aliphatic rings. The Hall–Kier alpha value is -0.810. The third-order valence-corrected chi connectivity index (χ3v) is 1.52. The van der Waals surface area contributed by atoms with Crippen LogP contribution in [-0.2, 0) is 4.74 Å². The summed E-state index contributed by atoms with van der Waals surface area (Å²) in [6.07, 6.45) is 0. The van der Waals surface area contributed by atoms with E-state index in [1.165, 1.54) is 0 Å². The minimum Gasteiger partial charge on any atom is -0.378 e. The number of ether oxygens (including phenoxy) is 1. The molecule has 5 nitrogen and oxygen atoms in total. The fourth-order valence-electron chi connectivity index (χ4n) is 0.975. The van der Waals surface area contributed by atoms with Crippen molar-refractivity contribution in [3.8, 4) is 0 Å². The Morgan fingerprint density at radius 3 is 3.18 bits per heavy atom. The Labute approximate surface area is 65.3 Å². The van der Waals surface area contributed by atoms with Gasteiger partial charge in [-0.3, -0.25) is 0 Å². The van der Waals surface area contributed by atoms with Gasteiger partial charge in [0.15, 0.2) is 0 Å². The zero-order chi connectivity index (χ0) is 8.10. The predicted molar refractivity (Wildman–Crippen MR) is 40.2 cm³/mol. The van der Waals surface area contributed by atoms with Crippen molar-refractivity contribution in [2.24, 2.45) is 5.73 Å². The fraction of sp³-hybridized carbons (Fsp3) is 0.833. The lowest BCUT2D eigenvalue weighted by molar-refractivity contribution is 0.0775. The molecule has 2 amide bonds. The highest BCUT2D eigenvalue weighted by molar-refractivity contribution is 5.71. The van der Waals surface area contributed by atoms with Crippen LogP contribution in [0.15, 0.2) is 0 Å². The van der Waals surface area contributed by atoms with E-state index in [1.807, 2.05) is 0 Å². The van der Waals surface area contributed by atoms with Gasteiger partial charge in [-0.1, -0.05) is 0 Å². The second kappa shape index (κ2) is 4.15. The van der Waals surface area contributed by atoms with Crippen LogP contribution < -0.4 is 16.4 Å². The number of morpholine rings is 1. The first kappa shape index (κ1) is 8.29. The first-order valence-electron chi connectivity index (χ1n) is 3.63. The molecule has 0 spiro atoms. The van der Waals surface area contributed by atoms with Gasteiger partial charge in [0.2, 0.25) is 0 Å². The molecule has 0 radical (unpaired) electrons. The molecule has 1 saturated heterocycles. The second-order valence-corrected chi connectivity index (χ2v) is 2.47. The number of urea groups is 1. The topological polar surface area (TPSA) is 76.4 Å². The summed E-state index contributed by atoms with van der Waals surface area (Å²) in [5.41, 5.74) is 4.89. The molecule has 0 aromatic carbocycles. The van der Waals surface area contributed by atoms with Gasteiger partial charge < -0.3 is 21.1 Å². The van der Waals surface area contributed by atoms with Crippen LogP contribution in [0.2, 0.25) is 0 Å². The molecule has 1 heterocycles. The van der Waals surface area contributed by atoms with Crippen LogP contribution in [0.5, 0.6) is 0 Å². The summed E-state index contributed by atoms with van der Waals surface area (Å²) < 4.78 is 5.16. The highest BCUT2D eigenvalue weighted by atomic mass is 16.5. The highest BCUT2D eigenvalue weighted by Gasteiger charge is 2.12. The lowest BCUT2D eigenvalue weighted by Crippen LogP contribution is -2.49. The summed E-state index contributed by atoms with van der Waals surface area (Å²) in [5.74, 6) is 0. The van der Waals surface area contributed by atoms with Gasteiger partial charge in [-0.05, 0) is 0 Å². The van der Waals surface area contributed by atoms with Crippen molar-refractivity contribution in [3.63, 3.8) is 0 Å². The number of nitrogens with two attached hydrogens (primary N) is 1. The van der Waals surface area contributed by atoms with Crippen molar-refractivity contribution in [3.05, 3.63) is 0 Å². The van der Waals surface area contributed by atoms with Gasteiger partial charge in [-0.15, -0.1) is 0 Å². The summed E-state index contributed by atoms with van der Waals surface area (Å²) in [5, 5.41) is 5.69. The van der Waals surface area contributed by atoms with E-state index < -0.39 is 6.03 Å². The van der Waals surface area contributed by atoms with Gasteiger partial charge in [0, 0.05) is 19.1 Å². The summed E-state index contributed by atoms with van der Waals surface area (Å²) in [6.45, 7) is 2.76. The molecular weight excluding hydrogens is 146 g/mol. The van der Waals surface area contributed by atoms with Gasteiger partial charge in [-0.25, -0.2) is 4.79 Å². The van der Waals surface area contributed by atoms with Crippen molar-refractivity contribution in [1.29, 1.82) is 0 Å². The number of carbonyl (C=O) groups excluding carboxylic acids is 1. The SMILES string of the molecule is NC(=O)NCC1COCCN1. The van der Waals surface area contributed by atoms with E-state index in [9.17, 15) is 4.79 Å². The molecule has 1 aliphatic heterocycles. The van der Waals surface area contributed by atoms with Gasteiger partial charge in [0.1, 0.15) is 0 Å². The molecule has 11 heavy (non-hydrogen) atoms. The molecule has 1 rings (SSSR count). The van der Waals surface area contributed by atoms with Crippen molar-refractivity contribution in [2.75, 3.05) is 26.3 Å². The lowest BCUT2D eigenvalue weighted by atomic mass is 10.3. The molecule has 64 valence electrons. The van der Waals surface area contributed by atoms with Gasteiger partial charge in [0.25, 0.3) is 0 Å².